The predicted octanol–water partition coefficient (Wildman–Crippen LogP) is 1.97. The van der Waals surface area contributed by atoms with E-state index in [-0.39, 0.29) is 5.54 Å². The fraction of sp³-hybridized carbons (Fsp3) is 0.571. The quantitative estimate of drug-likeness (QED) is 0.749. The van der Waals surface area contributed by atoms with Gasteiger partial charge >= 0.3 is 0 Å². The Morgan fingerprint density at radius 3 is 2.76 bits per heavy atom. The minimum absolute atomic E-state index is 0.199. The number of hydrogen-bond donors (Lipinski definition) is 3. The van der Waals surface area contributed by atoms with E-state index < -0.39 is 0 Å². The van der Waals surface area contributed by atoms with E-state index in [1.165, 1.54) is 12.8 Å². The molecule has 1 atom stereocenters. The third kappa shape index (κ3) is 2.99. The van der Waals surface area contributed by atoms with Crippen molar-refractivity contribution in [1.82, 2.24) is 10.6 Å². The molecule has 0 radical (unpaired) electrons. The van der Waals surface area contributed by atoms with Crippen LogP contribution in [-0.4, -0.2) is 24.2 Å². The molecule has 1 aliphatic rings. The van der Waals surface area contributed by atoms with E-state index in [1.807, 2.05) is 18.2 Å². The summed E-state index contributed by atoms with van der Waals surface area (Å²) in [7, 11) is 0. The predicted molar refractivity (Wildman–Crippen MR) is 70.2 cm³/mol. The van der Waals surface area contributed by atoms with Crippen LogP contribution in [0.15, 0.2) is 24.3 Å². The topological polar surface area (TPSA) is 44.3 Å². The molecular formula is C14H22N2O. The first kappa shape index (κ1) is 12.4. The maximum absolute atomic E-state index is 9.92. The molecule has 1 unspecified atom stereocenters. The van der Waals surface area contributed by atoms with Gasteiger partial charge in [-0.3, -0.25) is 0 Å². The Kier molecular flexibility index (Phi) is 3.69. The second kappa shape index (κ2) is 5.07. The van der Waals surface area contributed by atoms with Gasteiger partial charge in [0.15, 0.2) is 0 Å². The lowest BCUT2D eigenvalue weighted by atomic mass is 9.91. The molecule has 1 saturated heterocycles. The van der Waals surface area contributed by atoms with Gasteiger partial charge in [0, 0.05) is 23.7 Å². The van der Waals surface area contributed by atoms with Crippen molar-refractivity contribution in [2.24, 2.45) is 0 Å². The Morgan fingerprint density at radius 2 is 2.12 bits per heavy atom. The fourth-order valence-electron chi connectivity index (χ4n) is 2.57. The van der Waals surface area contributed by atoms with Gasteiger partial charge in [-0.25, -0.2) is 0 Å². The van der Waals surface area contributed by atoms with Gasteiger partial charge in [0.1, 0.15) is 5.75 Å². The third-order valence-electron chi connectivity index (χ3n) is 3.44. The van der Waals surface area contributed by atoms with Gasteiger partial charge in [-0.1, -0.05) is 18.2 Å². The molecule has 3 nitrogen and oxygen atoms in total. The van der Waals surface area contributed by atoms with E-state index in [0.29, 0.717) is 11.8 Å². The summed E-state index contributed by atoms with van der Waals surface area (Å²) >= 11 is 0. The van der Waals surface area contributed by atoms with E-state index in [2.05, 4.69) is 24.5 Å². The Morgan fingerprint density at radius 1 is 1.35 bits per heavy atom. The summed E-state index contributed by atoms with van der Waals surface area (Å²) in [6.45, 7) is 6.37. The number of piperidine rings is 1. The summed E-state index contributed by atoms with van der Waals surface area (Å²) in [4.78, 5) is 0. The van der Waals surface area contributed by atoms with E-state index in [9.17, 15) is 5.11 Å². The first-order chi connectivity index (χ1) is 8.09. The van der Waals surface area contributed by atoms with Gasteiger partial charge in [0.2, 0.25) is 0 Å². The third-order valence-corrected chi connectivity index (χ3v) is 3.44. The number of aromatic hydroxyl groups is 1. The number of phenolic OH excluding ortho intramolecular Hbond substituents is 1. The average molecular weight is 234 g/mol. The Labute approximate surface area is 103 Å². The Balaban J connectivity index is 2.10. The minimum atomic E-state index is -0.199. The van der Waals surface area contributed by atoms with Gasteiger partial charge in [-0.05, 0) is 39.3 Å². The summed E-state index contributed by atoms with van der Waals surface area (Å²) in [5.74, 6) is 0.369. The molecule has 0 bridgehead atoms. The molecule has 1 fully saturated rings. The summed E-state index contributed by atoms with van der Waals surface area (Å²) in [6.07, 6.45) is 2.42. The molecule has 3 N–H and O–H groups in total. The molecule has 3 heteroatoms. The van der Waals surface area contributed by atoms with Crippen molar-refractivity contribution in [3.8, 4) is 5.75 Å². The van der Waals surface area contributed by atoms with Crippen molar-refractivity contribution in [1.29, 1.82) is 0 Å². The van der Waals surface area contributed by atoms with Crippen molar-refractivity contribution in [2.45, 2.75) is 38.3 Å². The molecule has 1 aliphatic heterocycles. The van der Waals surface area contributed by atoms with Crippen LogP contribution >= 0.6 is 0 Å². The van der Waals surface area contributed by atoms with Crippen molar-refractivity contribution < 1.29 is 5.11 Å². The van der Waals surface area contributed by atoms with Gasteiger partial charge < -0.3 is 15.7 Å². The van der Waals surface area contributed by atoms with Crippen LogP contribution in [0.1, 0.15) is 32.3 Å². The zero-order chi connectivity index (χ0) is 12.3. The second-order valence-electron chi connectivity index (χ2n) is 5.33. The summed E-state index contributed by atoms with van der Waals surface area (Å²) in [5, 5.41) is 16.9. The van der Waals surface area contributed by atoms with Crippen molar-refractivity contribution >= 4 is 0 Å². The molecule has 2 rings (SSSR count). The number of para-hydroxylation sites is 1. The maximum atomic E-state index is 9.92. The lowest BCUT2D eigenvalue weighted by Crippen LogP contribution is -2.50. The molecule has 1 heterocycles. The second-order valence-corrected chi connectivity index (χ2v) is 5.33. The SMILES string of the molecule is CC(C)(NC1CCCNC1)c1ccccc1O. The first-order valence-electron chi connectivity index (χ1n) is 6.36. The number of phenols is 1. The number of nitrogens with one attached hydrogen (secondary N) is 2. The molecule has 0 saturated carbocycles. The van der Waals surface area contributed by atoms with Crippen LogP contribution in [0, 0.1) is 0 Å². The summed E-state index contributed by atoms with van der Waals surface area (Å²) < 4.78 is 0. The molecule has 1 aromatic rings. The molecule has 1 aromatic carbocycles. The average Bonchev–Trinajstić information content (AvgIpc) is 2.30. The van der Waals surface area contributed by atoms with E-state index in [4.69, 9.17) is 0 Å². The van der Waals surface area contributed by atoms with Crippen molar-refractivity contribution in [3.05, 3.63) is 29.8 Å². The fourth-order valence-corrected chi connectivity index (χ4v) is 2.57. The van der Waals surface area contributed by atoms with Gasteiger partial charge in [-0.15, -0.1) is 0 Å². The van der Waals surface area contributed by atoms with Crippen LogP contribution in [0.5, 0.6) is 5.75 Å². The molecule has 0 aliphatic carbocycles. The van der Waals surface area contributed by atoms with Crippen LogP contribution in [-0.2, 0) is 5.54 Å². The lowest BCUT2D eigenvalue weighted by molar-refractivity contribution is 0.287. The highest BCUT2D eigenvalue weighted by atomic mass is 16.3. The van der Waals surface area contributed by atoms with Crippen molar-refractivity contribution in [3.63, 3.8) is 0 Å². The Bertz CT molecular complexity index is 370. The zero-order valence-corrected chi connectivity index (χ0v) is 10.7. The van der Waals surface area contributed by atoms with Gasteiger partial charge in [-0.2, -0.15) is 0 Å². The highest BCUT2D eigenvalue weighted by Crippen LogP contribution is 2.29. The number of benzene rings is 1. The number of rotatable bonds is 3. The lowest BCUT2D eigenvalue weighted by Gasteiger charge is -2.35. The van der Waals surface area contributed by atoms with Crippen LogP contribution in [0.25, 0.3) is 0 Å². The smallest absolute Gasteiger partial charge is 0.120 e. The molecule has 0 spiro atoms. The monoisotopic (exact) mass is 234 g/mol. The summed E-state index contributed by atoms with van der Waals surface area (Å²) in [5.41, 5.74) is 0.764. The van der Waals surface area contributed by atoms with Gasteiger partial charge in [0.05, 0.1) is 0 Å². The van der Waals surface area contributed by atoms with E-state index >= 15 is 0 Å². The standard InChI is InChI=1S/C14H22N2O/c1-14(2,12-7-3-4-8-13(12)17)16-11-6-5-9-15-10-11/h3-4,7-8,11,15-17H,5-6,9-10H2,1-2H3. The molecule has 0 aromatic heterocycles. The molecule has 0 amide bonds. The highest BCUT2D eigenvalue weighted by molar-refractivity contribution is 5.37. The number of hydrogen-bond acceptors (Lipinski definition) is 3. The molecule has 94 valence electrons. The van der Waals surface area contributed by atoms with Crippen LogP contribution in [0.2, 0.25) is 0 Å². The normalized spacial score (nSPS) is 21.4. The first-order valence-corrected chi connectivity index (χ1v) is 6.36. The zero-order valence-electron chi connectivity index (χ0n) is 10.7. The van der Waals surface area contributed by atoms with Crippen molar-refractivity contribution in [2.75, 3.05) is 13.1 Å². The minimum Gasteiger partial charge on any atom is -0.508 e. The van der Waals surface area contributed by atoms with Crippen LogP contribution < -0.4 is 10.6 Å². The van der Waals surface area contributed by atoms with E-state index in [1.54, 1.807) is 6.07 Å². The molecule has 17 heavy (non-hydrogen) atoms. The Hall–Kier alpha value is -1.06. The van der Waals surface area contributed by atoms with Crippen LogP contribution in [0.4, 0.5) is 0 Å². The summed E-state index contributed by atoms with van der Waals surface area (Å²) in [6, 6.07) is 8.05. The maximum Gasteiger partial charge on any atom is 0.120 e. The highest BCUT2D eigenvalue weighted by Gasteiger charge is 2.27. The van der Waals surface area contributed by atoms with E-state index in [0.717, 1.165) is 18.7 Å². The van der Waals surface area contributed by atoms with Crippen LogP contribution in [0.3, 0.4) is 0 Å². The largest absolute Gasteiger partial charge is 0.508 e. The van der Waals surface area contributed by atoms with Gasteiger partial charge in [0.25, 0.3) is 0 Å². The molecular weight excluding hydrogens is 212 g/mol.